The van der Waals surface area contributed by atoms with Gasteiger partial charge in [0.1, 0.15) is 5.75 Å². The average Bonchev–Trinajstić information content (AvgIpc) is 2.30. The molecule has 0 bridgehead atoms. The molecule has 112 valence electrons. The lowest BCUT2D eigenvalue weighted by molar-refractivity contribution is 0.311. The van der Waals surface area contributed by atoms with E-state index in [9.17, 15) is 0 Å². The first-order chi connectivity index (χ1) is 7.70. The molecule has 1 aromatic carbocycles. The fourth-order valence-electron chi connectivity index (χ4n) is 2.00. The van der Waals surface area contributed by atoms with Crippen LogP contribution in [0.2, 0.25) is 0 Å². The zero-order chi connectivity index (χ0) is 11.5. The largest absolute Gasteiger partial charge is 0.495 e. The zero-order valence-corrected chi connectivity index (χ0v) is 13.6. The van der Waals surface area contributed by atoms with Gasteiger partial charge in [-0.15, -0.1) is 37.2 Å². The van der Waals surface area contributed by atoms with E-state index < -0.39 is 0 Å². The second-order valence-electron chi connectivity index (χ2n) is 4.22. The van der Waals surface area contributed by atoms with Gasteiger partial charge in [0.05, 0.1) is 12.8 Å². The molecule has 0 spiro atoms. The monoisotopic (exact) mass is 329 g/mol. The summed E-state index contributed by atoms with van der Waals surface area (Å²) in [7, 11) is 3.84. The van der Waals surface area contributed by atoms with E-state index >= 15 is 0 Å². The number of nitrogen functional groups attached to an aromatic ring is 1. The van der Waals surface area contributed by atoms with Crippen molar-refractivity contribution >= 4 is 48.6 Å². The predicted molar refractivity (Wildman–Crippen MR) is 88.9 cm³/mol. The van der Waals surface area contributed by atoms with Crippen molar-refractivity contribution in [3.8, 4) is 5.75 Å². The van der Waals surface area contributed by atoms with Crippen molar-refractivity contribution in [2.75, 3.05) is 51.0 Å². The molecule has 0 aliphatic carbocycles. The standard InChI is InChI=1S/C12H19N3O.3ClH/c1-14-5-7-15(8-6-14)11-4-3-10(13)9-12(11)16-2;;;/h3-4,9H,5-8,13H2,1-2H3;3*1H. The highest BCUT2D eigenvalue weighted by molar-refractivity contribution is 5.86. The van der Waals surface area contributed by atoms with Crippen molar-refractivity contribution in [1.29, 1.82) is 0 Å². The van der Waals surface area contributed by atoms with E-state index in [1.165, 1.54) is 0 Å². The maximum Gasteiger partial charge on any atom is 0.144 e. The Morgan fingerprint density at radius 1 is 1.05 bits per heavy atom. The lowest BCUT2D eigenvalue weighted by Crippen LogP contribution is -2.44. The molecule has 7 heteroatoms. The van der Waals surface area contributed by atoms with E-state index in [2.05, 4.69) is 16.8 Å². The molecule has 2 N–H and O–H groups in total. The zero-order valence-electron chi connectivity index (χ0n) is 11.2. The van der Waals surface area contributed by atoms with Gasteiger partial charge in [-0.05, 0) is 19.2 Å². The number of methoxy groups -OCH3 is 1. The van der Waals surface area contributed by atoms with Crippen LogP contribution in [0.15, 0.2) is 18.2 Å². The topological polar surface area (TPSA) is 41.7 Å². The molecule has 0 unspecified atom stereocenters. The maximum absolute atomic E-state index is 5.75. The number of hydrogen-bond donors (Lipinski definition) is 1. The van der Waals surface area contributed by atoms with Crippen molar-refractivity contribution in [1.82, 2.24) is 4.90 Å². The fraction of sp³-hybridized carbons (Fsp3) is 0.500. The molecule has 1 aromatic rings. The van der Waals surface area contributed by atoms with E-state index in [0.29, 0.717) is 0 Å². The molecular formula is C12H22Cl3N3O. The minimum atomic E-state index is 0. The molecule has 1 aliphatic heterocycles. The summed E-state index contributed by atoms with van der Waals surface area (Å²) in [6.07, 6.45) is 0. The molecule has 1 saturated heterocycles. The van der Waals surface area contributed by atoms with E-state index in [-0.39, 0.29) is 37.2 Å². The van der Waals surface area contributed by atoms with Gasteiger partial charge in [-0.25, -0.2) is 0 Å². The third kappa shape index (κ3) is 5.15. The number of piperazine rings is 1. The molecule has 0 atom stereocenters. The van der Waals surface area contributed by atoms with Gasteiger partial charge in [0.25, 0.3) is 0 Å². The second-order valence-corrected chi connectivity index (χ2v) is 4.22. The molecule has 1 heterocycles. The van der Waals surface area contributed by atoms with Gasteiger partial charge >= 0.3 is 0 Å². The average molecular weight is 331 g/mol. The predicted octanol–water partition coefficient (Wildman–Crippen LogP) is 2.29. The van der Waals surface area contributed by atoms with Crippen molar-refractivity contribution < 1.29 is 4.74 Å². The lowest BCUT2D eigenvalue weighted by atomic mass is 10.2. The third-order valence-electron chi connectivity index (χ3n) is 3.05. The molecule has 4 nitrogen and oxygen atoms in total. The van der Waals surface area contributed by atoms with Crippen LogP contribution in [0.5, 0.6) is 5.75 Å². The normalized spacial score (nSPS) is 14.7. The van der Waals surface area contributed by atoms with Crippen molar-refractivity contribution in [3.63, 3.8) is 0 Å². The summed E-state index contributed by atoms with van der Waals surface area (Å²) in [6, 6.07) is 5.85. The summed E-state index contributed by atoms with van der Waals surface area (Å²) >= 11 is 0. The number of halogens is 3. The number of ether oxygens (including phenoxy) is 1. The van der Waals surface area contributed by atoms with Gasteiger partial charge in [-0.2, -0.15) is 0 Å². The van der Waals surface area contributed by atoms with Gasteiger partial charge in [0.2, 0.25) is 0 Å². The number of benzene rings is 1. The summed E-state index contributed by atoms with van der Waals surface area (Å²) in [5, 5.41) is 0. The van der Waals surface area contributed by atoms with Crippen LogP contribution in [0.3, 0.4) is 0 Å². The van der Waals surface area contributed by atoms with Crippen LogP contribution >= 0.6 is 37.2 Å². The molecule has 0 saturated carbocycles. The van der Waals surface area contributed by atoms with E-state index in [0.717, 1.165) is 43.3 Å². The van der Waals surface area contributed by atoms with Crippen molar-refractivity contribution in [2.45, 2.75) is 0 Å². The Labute approximate surface area is 133 Å². The Balaban J connectivity index is 0. The fourth-order valence-corrected chi connectivity index (χ4v) is 2.00. The summed E-state index contributed by atoms with van der Waals surface area (Å²) in [5.74, 6) is 0.865. The molecule has 1 aliphatic rings. The first-order valence-electron chi connectivity index (χ1n) is 5.57. The third-order valence-corrected chi connectivity index (χ3v) is 3.05. The van der Waals surface area contributed by atoms with E-state index in [4.69, 9.17) is 10.5 Å². The Bertz CT molecular complexity index is 371. The summed E-state index contributed by atoms with van der Waals surface area (Å²) in [6.45, 7) is 4.26. The van der Waals surface area contributed by atoms with Gasteiger partial charge in [0.15, 0.2) is 0 Å². The Kier molecular flexibility index (Phi) is 10.2. The highest BCUT2D eigenvalue weighted by atomic mass is 35.5. The van der Waals surface area contributed by atoms with Gasteiger partial charge in [0, 0.05) is 37.9 Å². The molecular weight excluding hydrogens is 309 g/mol. The number of hydrogen-bond acceptors (Lipinski definition) is 4. The molecule has 2 rings (SSSR count). The van der Waals surface area contributed by atoms with Crippen LogP contribution in [0.1, 0.15) is 0 Å². The van der Waals surface area contributed by atoms with E-state index in [1.54, 1.807) is 7.11 Å². The molecule has 0 amide bonds. The SMILES string of the molecule is COc1cc(N)ccc1N1CCN(C)CC1.Cl.Cl.Cl. The number of rotatable bonds is 2. The lowest BCUT2D eigenvalue weighted by Gasteiger charge is -2.34. The van der Waals surface area contributed by atoms with Crippen LogP contribution in [-0.2, 0) is 0 Å². The van der Waals surface area contributed by atoms with Gasteiger partial charge < -0.3 is 20.3 Å². The summed E-state index contributed by atoms with van der Waals surface area (Å²) < 4.78 is 5.37. The first-order valence-corrected chi connectivity index (χ1v) is 5.57. The number of nitrogens with zero attached hydrogens (tertiary/aromatic N) is 2. The van der Waals surface area contributed by atoms with E-state index in [1.807, 2.05) is 18.2 Å². The van der Waals surface area contributed by atoms with Gasteiger partial charge in [-0.1, -0.05) is 0 Å². The van der Waals surface area contributed by atoms with Crippen LogP contribution < -0.4 is 15.4 Å². The summed E-state index contributed by atoms with van der Waals surface area (Å²) in [4.78, 5) is 4.68. The highest BCUT2D eigenvalue weighted by Gasteiger charge is 2.17. The minimum Gasteiger partial charge on any atom is -0.495 e. The maximum atomic E-state index is 5.75. The minimum absolute atomic E-state index is 0. The smallest absolute Gasteiger partial charge is 0.144 e. The molecule has 1 fully saturated rings. The Hall–Kier alpha value is -0.550. The number of nitrogens with two attached hydrogens (primary N) is 1. The van der Waals surface area contributed by atoms with Crippen LogP contribution in [0, 0.1) is 0 Å². The highest BCUT2D eigenvalue weighted by Crippen LogP contribution is 2.30. The number of likely N-dealkylation sites (N-methyl/N-ethyl adjacent to an activating group) is 1. The Morgan fingerprint density at radius 2 is 1.63 bits per heavy atom. The molecule has 0 aromatic heterocycles. The quantitative estimate of drug-likeness (QED) is 0.845. The van der Waals surface area contributed by atoms with Gasteiger partial charge in [-0.3, -0.25) is 0 Å². The second kappa shape index (κ2) is 9.37. The van der Waals surface area contributed by atoms with Crippen molar-refractivity contribution in [2.24, 2.45) is 0 Å². The van der Waals surface area contributed by atoms with Crippen LogP contribution in [-0.4, -0.2) is 45.2 Å². The van der Waals surface area contributed by atoms with Crippen molar-refractivity contribution in [3.05, 3.63) is 18.2 Å². The first kappa shape index (κ1) is 20.8. The Morgan fingerprint density at radius 3 is 2.16 bits per heavy atom. The molecule has 0 radical (unpaired) electrons. The number of anilines is 2. The summed E-state index contributed by atoms with van der Waals surface area (Å²) in [5.41, 5.74) is 7.64. The molecule has 19 heavy (non-hydrogen) atoms. The van der Waals surface area contributed by atoms with Crippen LogP contribution in [0.4, 0.5) is 11.4 Å². The van der Waals surface area contributed by atoms with Crippen LogP contribution in [0.25, 0.3) is 0 Å².